The normalized spacial score (nSPS) is 10.4. The van der Waals surface area contributed by atoms with E-state index in [0.717, 1.165) is 22.4 Å². The highest BCUT2D eigenvalue weighted by atomic mass is 16.1. The van der Waals surface area contributed by atoms with Crippen LogP contribution >= 0.6 is 0 Å². The summed E-state index contributed by atoms with van der Waals surface area (Å²) in [6.07, 6.45) is 4.42. The lowest BCUT2D eigenvalue weighted by molar-refractivity contribution is 0.0999. The van der Waals surface area contributed by atoms with E-state index in [1.807, 2.05) is 55.0 Å². The van der Waals surface area contributed by atoms with Crippen LogP contribution in [0.5, 0.6) is 0 Å². The number of nitrogens with zero attached hydrogens (tertiary/aromatic N) is 1. The summed E-state index contributed by atoms with van der Waals surface area (Å²) in [5.41, 5.74) is 10.0. The van der Waals surface area contributed by atoms with Gasteiger partial charge in [0.05, 0.1) is 0 Å². The van der Waals surface area contributed by atoms with Crippen molar-refractivity contribution in [3.8, 4) is 11.1 Å². The molecule has 1 amide bonds. The van der Waals surface area contributed by atoms with Crippen molar-refractivity contribution in [3.05, 3.63) is 96.2 Å². The molecule has 113 valence electrons. The average Bonchev–Trinajstić information content (AvgIpc) is 2.61. The van der Waals surface area contributed by atoms with Crippen LogP contribution in [-0.4, -0.2) is 10.9 Å². The van der Waals surface area contributed by atoms with E-state index in [1.165, 1.54) is 0 Å². The monoisotopic (exact) mass is 301 g/mol. The number of rotatable bonds is 5. The smallest absolute Gasteiger partial charge is 0.248 e. The van der Waals surface area contributed by atoms with Gasteiger partial charge in [0.25, 0.3) is 0 Å². The number of nitrogens with two attached hydrogens (primary N) is 1. The first kappa shape index (κ1) is 15.0. The van der Waals surface area contributed by atoms with Gasteiger partial charge in [-0.25, -0.2) is 0 Å². The molecule has 1 aromatic heterocycles. The highest BCUT2D eigenvalue weighted by Crippen LogP contribution is 2.20. The third-order valence-electron chi connectivity index (χ3n) is 3.70. The maximum atomic E-state index is 11.5. The second-order valence-corrected chi connectivity index (χ2v) is 5.27. The lowest BCUT2D eigenvalue weighted by atomic mass is 10.00. The number of hydrogen-bond acceptors (Lipinski definition) is 2. The van der Waals surface area contributed by atoms with Gasteiger partial charge in [0.15, 0.2) is 0 Å². The first-order chi connectivity index (χ1) is 11.2. The van der Waals surface area contributed by atoms with E-state index in [4.69, 9.17) is 5.73 Å². The fourth-order valence-corrected chi connectivity index (χ4v) is 2.52. The predicted octanol–water partition coefficient (Wildman–Crippen LogP) is 3.64. The zero-order valence-corrected chi connectivity index (χ0v) is 12.6. The van der Waals surface area contributed by atoms with E-state index >= 15 is 0 Å². The average molecular weight is 301 g/mol. The van der Waals surface area contributed by atoms with Crippen molar-refractivity contribution in [3.63, 3.8) is 0 Å². The Bertz CT molecular complexity index is 813. The second kappa shape index (κ2) is 6.88. The van der Waals surface area contributed by atoms with Crippen LogP contribution in [0.1, 0.15) is 21.6 Å². The van der Waals surface area contributed by atoms with Gasteiger partial charge in [-0.05, 0) is 41.3 Å². The van der Waals surface area contributed by atoms with Gasteiger partial charge in [0.2, 0.25) is 5.91 Å². The van der Waals surface area contributed by atoms with Crippen LogP contribution in [0.4, 0.5) is 0 Å². The van der Waals surface area contributed by atoms with Crippen molar-refractivity contribution >= 4 is 5.91 Å². The molecule has 0 unspecified atom stereocenters. The first-order valence-corrected chi connectivity index (χ1v) is 7.46. The van der Waals surface area contributed by atoms with Gasteiger partial charge in [-0.1, -0.05) is 48.5 Å². The third-order valence-corrected chi connectivity index (χ3v) is 3.70. The molecule has 0 aliphatic rings. The molecule has 2 aromatic carbocycles. The number of benzene rings is 2. The predicted molar refractivity (Wildman–Crippen MR) is 91.7 cm³/mol. The minimum Gasteiger partial charge on any atom is -0.366 e. The van der Waals surface area contributed by atoms with Crippen molar-refractivity contribution < 1.29 is 4.79 Å². The summed E-state index contributed by atoms with van der Waals surface area (Å²) >= 11 is 0. The largest absolute Gasteiger partial charge is 0.366 e. The van der Waals surface area contributed by atoms with E-state index < -0.39 is 5.91 Å². The molecule has 0 saturated heterocycles. The molecule has 1 radical (unpaired) electrons. The minimum atomic E-state index is -0.403. The van der Waals surface area contributed by atoms with Gasteiger partial charge in [-0.2, -0.15) is 0 Å². The topological polar surface area (TPSA) is 56.0 Å². The Balaban J connectivity index is 1.78. The number of primary amides is 1. The standard InChI is InChI=1S/C20H17N2O/c21-20(23)19-9-5-4-8-16(19)10-11-18-14-17(12-13-22-18)15-6-2-1-3-7-15/h1-9,11-14H,10H2,(H2,21,23). The summed E-state index contributed by atoms with van der Waals surface area (Å²) in [7, 11) is 0. The number of carbonyl (C=O) groups excluding carboxylic acids is 1. The van der Waals surface area contributed by atoms with Gasteiger partial charge in [0.1, 0.15) is 0 Å². The van der Waals surface area contributed by atoms with Gasteiger partial charge in [0, 0.05) is 23.9 Å². The van der Waals surface area contributed by atoms with Crippen LogP contribution in [0.25, 0.3) is 11.1 Å². The molecular formula is C20H17N2O. The van der Waals surface area contributed by atoms with Crippen LogP contribution in [0.2, 0.25) is 0 Å². The van der Waals surface area contributed by atoms with Gasteiger partial charge in [-0.15, -0.1) is 0 Å². The van der Waals surface area contributed by atoms with Gasteiger partial charge in [-0.3, -0.25) is 9.78 Å². The molecule has 1 heterocycles. The highest BCUT2D eigenvalue weighted by Gasteiger charge is 2.08. The SMILES string of the molecule is NC(=O)c1ccccc1C[CH]c1cc(-c2ccccc2)ccn1. The summed E-state index contributed by atoms with van der Waals surface area (Å²) in [4.78, 5) is 15.8. The number of hydrogen-bond donors (Lipinski definition) is 1. The van der Waals surface area contributed by atoms with Crippen molar-refractivity contribution in [2.75, 3.05) is 0 Å². The van der Waals surface area contributed by atoms with Gasteiger partial charge >= 0.3 is 0 Å². The lowest BCUT2D eigenvalue weighted by Gasteiger charge is -2.07. The number of pyridine rings is 1. The number of aromatic nitrogens is 1. The summed E-state index contributed by atoms with van der Waals surface area (Å²) in [5, 5.41) is 0. The number of amides is 1. The summed E-state index contributed by atoms with van der Waals surface area (Å²) < 4.78 is 0. The quantitative estimate of drug-likeness (QED) is 0.782. The summed E-state index contributed by atoms with van der Waals surface area (Å²) in [6.45, 7) is 0. The molecule has 3 heteroatoms. The Morgan fingerprint density at radius 1 is 0.957 bits per heavy atom. The second-order valence-electron chi connectivity index (χ2n) is 5.27. The van der Waals surface area contributed by atoms with E-state index in [9.17, 15) is 4.79 Å². The summed E-state index contributed by atoms with van der Waals surface area (Å²) in [6, 6.07) is 21.6. The van der Waals surface area contributed by atoms with Crippen LogP contribution in [-0.2, 0) is 6.42 Å². The first-order valence-electron chi connectivity index (χ1n) is 7.46. The van der Waals surface area contributed by atoms with E-state index in [-0.39, 0.29) is 0 Å². The Hall–Kier alpha value is -2.94. The molecule has 3 aromatic rings. The molecule has 0 fully saturated rings. The van der Waals surface area contributed by atoms with Crippen LogP contribution in [0.3, 0.4) is 0 Å². The Morgan fingerprint density at radius 2 is 1.70 bits per heavy atom. The molecule has 3 nitrogen and oxygen atoms in total. The van der Waals surface area contributed by atoms with Crippen LogP contribution in [0, 0.1) is 6.42 Å². The zero-order chi connectivity index (χ0) is 16.1. The van der Waals surface area contributed by atoms with E-state index in [1.54, 1.807) is 12.3 Å². The van der Waals surface area contributed by atoms with Crippen molar-refractivity contribution in [1.29, 1.82) is 0 Å². The zero-order valence-electron chi connectivity index (χ0n) is 12.6. The molecule has 0 spiro atoms. The fraction of sp³-hybridized carbons (Fsp3) is 0.0500. The van der Waals surface area contributed by atoms with Crippen LogP contribution in [0.15, 0.2) is 72.9 Å². The Morgan fingerprint density at radius 3 is 2.48 bits per heavy atom. The molecule has 3 rings (SSSR count). The molecule has 2 N–H and O–H groups in total. The Kier molecular flexibility index (Phi) is 4.48. The molecule has 0 aliphatic carbocycles. The van der Waals surface area contributed by atoms with Crippen LogP contribution < -0.4 is 5.73 Å². The van der Waals surface area contributed by atoms with Crippen molar-refractivity contribution in [1.82, 2.24) is 4.98 Å². The fourth-order valence-electron chi connectivity index (χ4n) is 2.52. The van der Waals surface area contributed by atoms with Crippen molar-refractivity contribution in [2.45, 2.75) is 6.42 Å². The van der Waals surface area contributed by atoms with E-state index in [2.05, 4.69) is 17.1 Å². The molecule has 0 bridgehead atoms. The molecule has 23 heavy (non-hydrogen) atoms. The lowest BCUT2D eigenvalue weighted by Crippen LogP contribution is -2.13. The van der Waals surface area contributed by atoms with Gasteiger partial charge < -0.3 is 5.73 Å². The molecule has 0 aliphatic heterocycles. The molecule has 0 atom stereocenters. The highest BCUT2D eigenvalue weighted by molar-refractivity contribution is 5.94. The van der Waals surface area contributed by atoms with Crippen molar-refractivity contribution in [2.24, 2.45) is 5.73 Å². The summed E-state index contributed by atoms with van der Waals surface area (Å²) in [5.74, 6) is -0.403. The maximum Gasteiger partial charge on any atom is 0.248 e. The Labute approximate surface area is 135 Å². The maximum absolute atomic E-state index is 11.5. The molecular weight excluding hydrogens is 284 g/mol. The van der Waals surface area contributed by atoms with E-state index in [0.29, 0.717) is 12.0 Å². The minimum absolute atomic E-state index is 0.403. The third kappa shape index (κ3) is 3.64. The molecule has 0 saturated carbocycles. The number of carbonyl (C=O) groups is 1.